The van der Waals surface area contributed by atoms with E-state index >= 15 is 0 Å². The lowest BCUT2D eigenvalue weighted by Gasteiger charge is -2.04. The first-order valence-corrected chi connectivity index (χ1v) is 4.80. The van der Waals surface area contributed by atoms with E-state index in [0.717, 1.165) is 11.3 Å². The number of nitrogens with zero attached hydrogens (tertiary/aromatic N) is 1. The highest BCUT2D eigenvalue weighted by molar-refractivity contribution is 8.12. The summed E-state index contributed by atoms with van der Waals surface area (Å²) in [5.74, 6) is 0.791. The minimum Gasteiger partial charge on any atom is -0.277 e. The quantitative estimate of drug-likeness (QED) is 0.648. The second kappa shape index (κ2) is 3.27. The van der Waals surface area contributed by atoms with Crippen LogP contribution in [0, 0.1) is 5.82 Å². The van der Waals surface area contributed by atoms with Crippen LogP contribution in [0.5, 0.6) is 0 Å². The predicted molar refractivity (Wildman–Crippen MR) is 50.1 cm³/mol. The van der Waals surface area contributed by atoms with Crippen molar-refractivity contribution >= 4 is 17.3 Å². The highest BCUT2D eigenvalue weighted by Gasteiger charge is 2.12. The molecular weight excluding hydrogens is 173 g/mol. The lowest BCUT2D eigenvalue weighted by Crippen LogP contribution is -1.93. The largest absolute Gasteiger partial charge is 0.277 e. The molecule has 0 spiro atoms. The molecule has 1 nitrogen and oxygen atoms in total. The summed E-state index contributed by atoms with van der Waals surface area (Å²) in [5.41, 5.74) is 2.95. The lowest BCUT2D eigenvalue weighted by molar-refractivity contribution is 0.626. The van der Waals surface area contributed by atoms with Crippen LogP contribution in [-0.2, 0) is 0 Å². The Kier molecular flexibility index (Phi) is 2.13. The van der Waals surface area contributed by atoms with Crippen molar-refractivity contribution in [1.29, 1.82) is 0 Å². The Morgan fingerprint density at radius 3 is 2.67 bits per heavy atom. The van der Waals surface area contributed by atoms with Crippen LogP contribution < -0.4 is 0 Å². The van der Waals surface area contributed by atoms with Gasteiger partial charge in [-0.25, -0.2) is 4.39 Å². The number of aliphatic imine (C=N–C) groups is 1. The van der Waals surface area contributed by atoms with E-state index in [1.54, 1.807) is 23.9 Å². The molecule has 1 atom stereocenters. The van der Waals surface area contributed by atoms with Crippen LogP contribution in [0.25, 0.3) is 0 Å². The first-order valence-electron chi connectivity index (χ1n) is 3.75. The monoisotopic (exact) mass is 181 g/mol. The van der Waals surface area contributed by atoms with Gasteiger partial charge in [0.1, 0.15) is 5.82 Å². The Hall–Kier alpha value is -0.830. The topological polar surface area (TPSA) is 12.4 Å². The smallest absolute Gasteiger partial charge is 0.123 e. The Balaban J connectivity index is 2.23. The third-order valence-corrected chi connectivity index (χ3v) is 2.60. The van der Waals surface area contributed by atoms with E-state index in [4.69, 9.17) is 0 Å². The van der Waals surface area contributed by atoms with Crippen molar-refractivity contribution in [2.24, 2.45) is 4.99 Å². The molecule has 0 fully saturated rings. The number of rotatable bonds is 1. The molecule has 0 aliphatic carbocycles. The summed E-state index contributed by atoms with van der Waals surface area (Å²) >= 11 is 1.70. The second-order valence-electron chi connectivity index (χ2n) is 2.66. The minimum absolute atomic E-state index is 0.187. The minimum atomic E-state index is -0.187. The van der Waals surface area contributed by atoms with Crippen LogP contribution in [0.1, 0.15) is 11.6 Å². The Morgan fingerprint density at radius 1 is 1.33 bits per heavy atom. The van der Waals surface area contributed by atoms with Crippen molar-refractivity contribution in [3.8, 4) is 0 Å². The zero-order valence-corrected chi connectivity index (χ0v) is 7.22. The first kappa shape index (κ1) is 7.80. The summed E-state index contributed by atoms with van der Waals surface area (Å²) in [6.45, 7) is 0. The van der Waals surface area contributed by atoms with E-state index in [-0.39, 0.29) is 11.9 Å². The van der Waals surface area contributed by atoms with Gasteiger partial charge in [0.15, 0.2) is 0 Å². The molecule has 1 aromatic rings. The van der Waals surface area contributed by atoms with E-state index in [1.807, 2.05) is 5.55 Å². The summed E-state index contributed by atoms with van der Waals surface area (Å²) in [6, 6.07) is 6.78. The molecule has 62 valence electrons. The third-order valence-electron chi connectivity index (χ3n) is 1.82. The van der Waals surface area contributed by atoms with Crippen molar-refractivity contribution in [1.82, 2.24) is 0 Å². The van der Waals surface area contributed by atoms with Gasteiger partial charge in [0.25, 0.3) is 0 Å². The van der Waals surface area contributed by atoms with E-state index in [2.05, 4.69) is 4.99 Å². The highest BCUT2D eigenvalue weighted by atomic mass is 32.2. The number of hydrogen-bond donors (Lipinski definition) is 0. The molecule has 1 aliphatic rings. The van der Waals surface area contributed by atoms with Crippen LogP contribution in [0.3, 0.4) is 0 Å². The van der Waals surface area contributed by atoms with Gasteiger partial charge in [-0.3, -0.25) is 4.99 Å². The zero-order chi connectivity index (χ0) is 8.39. The lowest BCUT2D eigenvalue weighted by atomic mass is 10.1. The van der Waals surface area contributed by atoms with Gasteiger partial charge in [-0.15, -0.1) is 11.8 Å². The average Bonchev–Trinajstić information content (AvgIpc) is 2.58. The van der Waals surface area contributed by atoms with Crippen molar-refractivity contribution in [3.63, 3.8) is 0 Å². The normalized spacial score (nSPS) is 21.6. The molecule has 0 radical (unpaired) electrons. The number of benzene rings is 1. The van der Waals surface area contributed by atoms with E-state index in [1.165, 1.54) is 12.1 Å². The molecule has 0 N–H and O–H groups in total. The Labute approximate surface area is 74.7 Å². The maximum atomic E-state index is 12.5. The molecule has 0 saturated carbocycles. The molecule has 0 aromatic heterocycles. The molecular formula is C9H8FNS. The molecule has 12 heavy (non-hydrogen) atoms. The molecule has 1 aliphatic heterocycles. The van der Waals surface area contributed by atoms with Crippen LogP contribution in [0.2, 0.25) is 0 Å². The summed E-state index contributed by atoms with van der Waals surface area (Å²) in [6.07, 6.45) is 0. The second-order valence-corrected chi connectivity index (χ2v) is 3.53. The van der Waals surface area contributed by atoms with E-state index in [9.17, 15) is 4.39 Å². The molecule has 3 heteroatoms. The molecule has 0 bridgehead atoms. The molecule has 0 amide bonds. The maximum absolute atomic E-state index is 12.5. The van der Waals surface area contributed by atoms with Crippen molar-refractivity contribution in [2.75, 3.05) is 5.75 Å². The fraction of sp³-hybridized carbons (Fsp3) is 0.222. The van der Waals surface area contributed by atoms with Gasteiger partial charge in [-0.1, -0.05) is 12.1 Å². The fourth-order valence-corrected chi connectivity index (χ4v) is 1.94. The first-order chi connectivity index (χ1) is 5.86. The standard InChI is InChI=1S/C9H8FNS/c10-8-3-1-7(2-4-8)9-5-12-6-11-9/h1-4,6,9H,5H2. The summed E-state index contributed by atoms with van der Waals surface area (Å²) < 4.78 is 12.5. The zero-order valence-electron chi connectivity index (χ0n) is 6.40. The van der Waals surface area contributed by atoms with Crippen LogP contribution in [-0.4, -0.2) is 11.3 Å². The van der Waals surface area contributed by atoms with Gasteiger partial charge in [0, 0.05) is 5.75 Å². The third kappa shape index (κ3) is 1.50. The number of thioether (sulfide) groups is 1. The van der Waals surface area contributed by atoms with Gasteiger partial charge < -0.3 is 0 Å². The maximum Gasteiger partial charge on any atom is 0.123 e. The van der Waals surface area contributed by atoms with Crippen LogP contribution in [0.15, 0.2) is 29.3 Å². The van der Waals surface area contributed by atoms with E-state index < -0.39 is 0 Å². The fourth-order valence-electron chi connectivity index (χ4n) is 1.16. The van der Waals surface area contributed by atoms with Gasteiger partial charge in [-0.2, -0.15) is 0 Å². The molecule has 1 heterocycles. The van der Waals surface area contributed by atoms with Gasteiger partial charge in [0.2, 0.25) is 0 Å². The Morgan fingerprint density at radius 2 is 2.08 bits per heavy atom. The van der Waals surface area contributed by atoms with Crippen molar-refractivity contribution < 1.29 is 4.39 Å². The molecule has 1 aromatic carbocycles. The SMILES string of the molecule is Fc1ccc(C2CSC=N2)cc1. The van der Waals surface area contributed by atoms with E-state index in [0.29, 0.717) is 0 Å². The van der Waals surface area contributed by atoms with Crippen molar-refractivity contribution in [3.05, 3.63) is 35.6 Å². The molecule has 0 saturated heterocycles. The van der Waals surface area contributed by atoms with Crippen LogP contribution >= 0.6 is 11.8 Å². The molecule has 2 rings (SSSR count). The highest BCUT2D eigenvalue weighted by Crippen LogP contribution is 2.26. The average molecular weight is 181 g/mol. The Bertz CT molecular complexity index is 294. The summed E-state index contributed by atoms with van der Waals surface area (Å²) in [5, 5.41) is 0. The number of hydrogen-bond acceptors (Lipinski definition) is 2. The number of halogens is 1. The van der Waals surface area contributed by atoms with Crippen LogP contribution in [0.4, 0.5) is 4.39 Å². The summed E-state index contributed by atoms with van der Waals surface area (Å²) in [7, 11) is 0. The molecule has 1 unspecified atom stereocenters. The van der Waals surface area contributed by atoms with Gasteiger partial charge in [-0.05, 0) is 17.7 Å². The van der Waals surface area contributed by atoms with Gasteiger partial charge in [0.05, 0.1) is 11.6 Å². The summed E-state index contributed by atoms with van der Waals surface area (Å²) in [4.78, 5) is 4.25. The predicted octanol–water partition coefficient (Wildman–Crippen LogP) is 2.64. The van der Waals surface area contributed by atoms with Gasteiger partial charge >= 0.3 is 0 Å². The van der Waals surface area contributed by atoms with Crippen molar-refractivity contribution in [2.45, 2.75) is 6.04 Å².